The molecule has 0 amide bonds. The Morgan fingerprint density at radius 1 is 1.38 bits per heavy atom. The van der Waals surface area contributed by atoms with E-state index in [0.717, 1.165) is 12.0 Å². The molecule has 6 nitrogen and oxygen atoms in total. The van der Waals surface area contributed by atoms with Gasteiger partial charge in [0.15, 0.2) is 0 Å². The first-order valence-electron chi connectivity index (χ1n) is 7.02. The summed E-state index contributed by atoms with van der Waals surface area (Å²) < 4.78 is 28.5. The Morgan fingerprint density at radius 2 is 2.05 bits per heavy atom. The Balaban J connectivity index is 2.03. The molecule has 0 bridgehead atoms. The van der Waals surface area contributed by atoms with Gasteiger partial charge in [0.05, 0.1) is 11.6 Å². The Hall–Kier alpha value is -1.60. The fraction of sp³-hybridized carbons (Fsp3) is 0.500. The SMILES string of the molecule is CCc1cccc(NS(=O)(=O)N2CCC(C(=O)O)CC2)c1. The van der Waals surface area contributed by atoms with Gasteiger partial charge in [-0.15, -0.1) is 0 Å². The molecule has 0 aromatic heterocycles. The van der Waals surface area contributed by atoms with Gasteiger partial charge in [-0.2, -0.15) is 12.7 Å². The molecule has 1 fully saturated rings. The minimum absolute atomic E-state index is 0.236. The quantitative estimate of drug-likeness (QED) is 0.866. The van der Waals surface area contributed by atoms with Crippen LogP contribution < -0.4 is 4.72 Å². The van der Waals surface area contributed by atoms with Crippen molar-refractivity contribution in [1.82, 2.24) is 4.31 Å². The largest absolute Gasteiger partial charge is 0.481 e. The van der Waals surface area contributed by atoms with Crippen molar-refractivity contribution < 1.29 is 18.3 Å². The summed E-state index contributed by atoms with van der Waals surface area (Å²) in [7, 11) is -3.62. The fourth-order valence-electron chi connectivity index (χ4n) is 2.41. The molecule has 0 spiro atoms. The van der Waals surface area contributed by atoms with E-state index in [1.165, 1.54) is 4.31 Å². The number of hydrogen-bond donors (Lipinski definition) is 2. The van der Waals surface area contributed by atoms with Gasteiger partial charge in [0.2, 0.25) is 0 Å². The van der Waals surface area contributed by atoms with Gasteiger partial charge in [0, 0.05) is 13.1 Å². The molecule has 1 aromatic rings. The maximum absolute atomic E-state index is 12.3. The van der Waals surface area contributed by atoms with E-state index in [1.54, 1.807) is 6.07 Å². The number of carboxylic acids is 1. The molecule has 7 heteroatoms. The van der Waals surface area contributed by atoms with Crippen LogP contribution in [-0.4, -0.2) is 36.9 Å². The maximum atomic E-state index is 12.3. The van der Waals surface area contributed by atoms with E-state index in [-0.39, 0.29) is 13.1 Å². The Morgan fingerprint density at radius 3 is 2.62 bits per heavy atom. The van der Waals surface area contributed by atoms with Crippen LogP contribution in [0.4, 0.5) is 5.69 Å². The van der Waals surface area contributed by atoms with E-state index in [0.29, 0.717) is 18.5 Å². The van der Waals surface area contributed by atoms with Gasteiger partial charge in [0.1, 0.15) is 0 Å². The number of nitrogens with one attached hydrogen (secondary N) is 1. The third kappa shape index (κ3) is 3.95. The van der Waals surface area contributed by atoms with Gasteiger partial charge in [-0.3, -0.25) is 9.52 Å². The topological polar surface area (TPSA) is 86.7 Å². The molecule has 0 radical (unpaired) electrons. The maximum Gasteiger partial charge on any atom is 0.306 e. The number of benzene rings is 1. The number of hydrogen-bond acceptors (Lipinski definition) is 3. The summed E-state index contributed by atoms with van der Waals surface area (Å²) >= 11 is 0. The van der Waals surface area contributed by atoms with E-state index < -0.39 is 22.1 Å². The summed E-state index contributed by atoms with van der Waals surface area (Å²) in [6.07, 6.45) is 1.54. The number of aryl methyl sites for hydroxylation is 1. The number of aliphatic carboxylic acids is 1. The molecule has 1 aliphatic heterocycles. The molecule has 0 unspecified atom stereocenters. The smallest absolute Gasteiger partial charge is 0.306 e. The number of anilines is 1. The second-order valence-corrected chi connectivity index (χ2v) is 6.84. The molecule has 0 saturated carbocycles. The zero-order valence-corrected chi connectivity index (χ0v) is 12.8. The van der Waals surface area contributed by atoms with Crippen LogP contribution in [0.5, 0.6) is 0 Å². The third-order valence-electron chi connectivity index (χ3n) is 3.73. The summed E-state index contributed by atoms with van der Waals surface area (Å²) in [4.78, 5) is 10.9. The van der Waals surface area contributed by atoms with Crippen molar-refractivity contribution in [1.29, 1.82) is 0 Å². The Labute approximate surface area is 125 Å². The molecule has 21 heavy (non-hydrogen) atoms. The second-order valence-electron chi connectivity index (χ2n) is 5.17. The van der Waals surface area contributed by atoms with Crippen LogP contribution in [0.25, 0.3) is 0 Å². The van der Waals surface area contributed by atoms with E-state index >= 15 is 0 Å². The first kappa shape index (κ1) is 15.8. The fourth-order valence-corrected chi connectivity index (χ4v) is 3.66. The van der Waals surface area contributed by atoms with E-state index in [9.17, 15) is 13.2 Å². The van der Waals surface area contributed by atoms with Crippen LogP contribution in [0, 0.1) is 5.92 Å². The van der Waals surface area contributed by atoms with E-state index in [2.05, 4.69) is 4.72 Å². The van der Waals surface area contributed by atoms with Crippen molar-refractivity contribution in [3.63, 3.8) is 0 Å². The van der Waals surface area contributed by atoms with E-state index in [4.69, 9.17) is 5.11 Å². The molecule has 1 saturated heterocycles. The molecule has 0 atom stereocenters. The Bertz CT molecular complexity index is 607. The van der Waals surface area contributed by atoms with Gasteiger partial charge < -0.3 is 5.11 Å². The first-order valence-corrected chi connectivity index (χ1v) is 8.46. The highest BCUT2D eigenvalue weighted by Crippen LogP contribution is 2.21. The minimum atomic E-state index is -3.62. The number of carbonyl (C=O) groups is 1. The molecular formula is C14H20N2O4S. The molecule has 0 aliphatic carbocycles. The zero-order chi connectivity index (χ0) is 15.5. The lowest BCUT2D eigenvalue weighted by Gasteiger charge is -2.29. The van der Waals surface area contributed by atoms with E-state index in [1.807, 2.05) is 25.1 Å². The summed E-state index contributed by atoms with van der Waals surface area (Å²) in [5.41, 5.74) is 1.59. The van der Waals surface area contributed by atoms with Crippen LogP contribution in [0.15, 0.2) is 24.3 Å². The van der Waals surface area contributed by atoms with Crippen LogP contribution in [0.3, 0.4) is 0 Å². The van der Waals surface area contributed by atoms with Crippen molar-refractivity contribution in [2.24, 2.45) is 5.92 Å². The monoisotopic (exact) mass is 312 g/mol. The molecule has 2 rings (SSSR count). The summed E-state index contributed by atoms with van der Waals surface area (Å²) in [5, 5.41) is 8.94. The van der Waals surface area contributed by atoms with Crippen molar-refractivity contribution >= 4 is 21.9 Å². The Kier molecular flexibility index (Phi) is 4.84. The second kappa shape index (κ2) is 6.44. The van der Waals surface area contributed by atoms with Gasteiger partial charge in [-0.05, 0) is 37.0 Å². The van der Waals surface area contributed by atoms with Crippen LogP contribution >= 0.6 is 0 Å². The normalized spacial score (nSPS) is 17.6. The lowest BCUT2D eigenvalue weighted by atomic mass is 9.99. The molecule has 1 aromatic carbocycles. The van der Waals surface area contributed by atoms with Crippen LogP contribution in [0.1, 0.15) is 25.3 Å². The third-order valence-corrected chi connectivity index (χ3v) is 5.26. The standard InChI is InChI=1S/C14H20N2O4S/c1-2-11-4-3-5-13(10-11)15-21(19,20)16-8-6-12(7-9-16)14(17)18/h3-5,10,12,15H,2,6-9H2,1H3,(H,17,18). The van der Waals surface area contributed by atoms with Gasteiger partial charge in [-0.25, -0.2) is 0 Å². The van der Waals surface area contributed by atoms with Gasteiger partial charge >= 0.3 is 16.2 Å². The lowest BCUT2D eigenvalue weighted by molar-refractivity contribution is -0.142. The van der Waals surface area contributed by atoms with Crippen LogP contribution in [-0.2, 0) is 21.4 Å². The molecule has 1 heterocycles. The highest BCUT2D eigenvalue weighted by Gasteiger charge is 2.30. The lowest BCUT2D eigenvalue weighted by Crippen LogP contribution is -2.42. The number of piperidine rings is 1. The average Bonchev–Trinajstić information content (AvgIpc) is 2.47. The number of nitrogens with zero attached hydrogens (tertiary/aromatic N) is 1. The molecular weight excluding hydrogens is 292 g/mol. The first-order chi connectivity index (χ1) is 9.92. The van der Waals surface area contributed by atoms with Crippen LogP contribution in [0.2, 0.25) is 0 Å². The number of carboxylic acid groups (broad SMARTS) is 1. The molecule has 116 valence electrons. The predicted octanol–water partition coefficient (Wildman–Crippen LogP) is 1.70. The van der Waals surface area contributed by atoms with Gasteiger partial charge in [-0.1, -0.05) is 19.1 Å². The van der Waals surface area contributed by atoms with Crippen molar-refractivity contribution in [2.75, 3.05) is 17.8 Å². The average molecular weight is 312 g/mol. The predicted molar refractivity (Wildman–Crippen MR) is 80.3 cm³/mol. The van der Waals surface area contributed by atoms with Crippen molar-refractivity contribution in [2.45, 2.75) is 26.2 Å². The summed E-state index contributed by atoms with van der Waals surface area (Å²) in [5.74, 6) is -1.30. The molecule has 1 aliphatic rings. The minimum Gasteiger partial charge on any atom is -0.481 e. The van der Waals surface area contributed by atoms with Crippen molar-refractivity contribution in [3.05, 3.63) is 29.8 Å². The highest BCUT2D eigenvalue weighted by molar-refractivity contribution is 7.90. The summed E-state index contributed by atoms with van der Waals surface area (Å²) in [6.45, 7) is 2.48. The molecule has 2 N–H and O–H groups in total. The highest BCUT2D eigenvalue weighted by atomic mass is 32.2. The zero-order valence-electron chi connectivity index (χ0n) is 11.9. The number of rotatable bonds is 5. The van der Waals surface area contributed by atoms with Crippen molar-refractivity contribution in [3.8, 4) is 0 Å². The van der Waals surface area contributed by atoms with Gasteiger partial charge in [0.25, 0.3) is 0 Å². The summed E-state index contributed by atoms with van der Waals surface area (Å²) in [6, 6.07) is 7.27.